The highest BCUT2D eigenvalue weighted by Crippen LogP contribution is 1.95. The lowest BCUT2D eigenvalue weighted by atomic mass is 9.97. The largest absolute Gasteiger partial charge is 0.480 e. The van der Waals surface area contributed by atoms with Gasteiger partial charge in [-0.15, -0.1) is 0 Å². The predicted molar refractivity (Wildman–Crippen MR) is 55.6 cm³/mol. The molecule has 0 bridgehead atoms. The summed E-state index contributed by atoms with van der Waals surface area (Å²) in [5.41, 5.74) is 0.434. The Morgan fingerprint density at radius 3 is 2.69 bits per heavy atom. The van der Waals surface area contributed by atoms with Gasteiger partial charge in [0.05, 0.1) is 12.2 Å². The first-order valence-electron chi connectivity index (χ1n) is 4.39. The van der Waals surface area contributed by atoms with Crippen LogP contribution >= 0.6 is 0 Å². The van der Waals surface area contributed by atoms with Crippen molar-refractivity contribution < 1.29 is 19.8 Å². The highest BCUT2D eigenvalue weighted by Gasteiger charge is 2.19. The molecule has 6 nitrogen and oxygen atoms in total. The highest BCUT2D eigenvalue weighted by atomic mass is 16.4. The summed E-state index contributed by atoms with van der Waals surface area (Å²) in [6, 6.07) is 0.0208. The molecule has 0 fully saturated rings. The second kappa shape index (κ2) is 5.27. The number of hydrogen-bond donors (Lipinski definition) is 3. The van der Waals surface area contributed by atoms with Crippen LogP contribution in [0.5, 0.6) is 0 Å². The Morgan fingerprint density at radius 1 is 1.50 bits per heavy atom. The average molecular weight is 220 g/mol. The van der Waals surface area contributed by atoms with Crippen LogP contribution in [0, 0.1) is 0 Å². The van der Waals surface area contributed by atoms with Crippen molar-refractivity contribution in [3.63, 3.8) is 0 Å². The van der Waals surface area contributed by atoms with E-state index in [1.165, 1.54) is 18.5 Å². The van der Waals surface area contributed by atoms with Crippen molar-refractivity contribution in [1.82, 2.24) is 10.3 Å². The maximum atomic E-state index is 11.5. The van der Waals surface area contributed by atoms with Gasteiger partial charge in [0.2, 0.25) is 0 Å². The zero-order valence-electron chi connectivity index (χ0n) is 8.25. The molecule has 16 heavy (non-hydrogen) atoms. The zero-order valence-corrected chi connectivity index (χ0v) is 8.25. The van der Waals surface area contributed by atoms with Crippen LogP contribution in [0.25, 0.3) is 0 Å². The minimum Gasteiger partial charge on any atom is -0.480 e. The van der Waals surface area contributed by atoms with E-state index in [0.29, 0.717) is 5.46 Å². The number of aliphatic hydroxyl groups excluding tert-OH is 1. The van der Waals surface area contributed by atoms with Crippen LogP contribution in [-0.2, 0) is 4.79 Å². The molecule has 82 valence electrons. The first kappa shape index (κ1) is 12.2. The lowest BCUT2D eigenvalue weighted by molar-refractivity contribution is -0.140. The number of nitrogens with one attached hydrogen (secondary N) is 1. The number of carboxylic acids is 1. The van der Waals surface area contributed by atoms with E-state index in [2.05, 4.69) is 10.3 Å². The monoisotopic (exact) mass is 220 g/mol. The number of aromatic nitrogens is 1. The van der Waals surface area contributed by atoms with Gasteiger partial charge in [-0.1, -0.05) is 11.5 Å². The Hall–Kier alpha value is -1.89. The summed E-state index contributed by atoms with van der Waals surface area (Å²) in [6.45, 7) is -0.684. The van der Waals surface area contributed by atoms with Crippen molar-refractivity contribution in [1.29, 1.82) is 0 Å². The van der Waals surface area contributed by atoms with Crippen LogP contribution in [0.15, 0.2) is 18.5 Å². The molecule has 0 aliphatic heterocycles. The van der Waals surface area contributed by atoms with Crippen molar-refractivity contribution in [2.45, 2.75) is 6.04 Å². The van der Waals surface area contributed by atoms with Gasteiger partial charge in [0.15, 0.2) is 6.04 Å². The Morgan fingerprint density at radius 2 is 2.19 bits per heavy atom. The lowest BCUT2D eigenvalue weighted by Crippen LogP contribution is -2.43. The maximum absolute atomic E-state index is 11.5. The molecular formula is C9H9BN2O4. The molecule has 0 saturated heterocycles. The van der Waals surface area contributed by atoms with Crippen LogP contribution in [-0.4, -0.2) is 47.6 Å². The number of pyridine rings is 1. The van der Waals surface area contributed by atoms with E-state index in [1.54, 1.807) is 0 Å². The predicted octanol–water partition coefficient (Wildman–Crippen LogP) is -1.95. The van der Waals surface area contributed by atoms with Crippen LogP contribution in [0.1, 0.15) is 10.4 Å². The van der Waals surface area contributed by atoms with E-state index in [9.17, 15) is 9.59 Å². The Balaban J connectivity index is 2.75. The van der Waals surface area contributed by atoms with Gasteiger partial charge in [0, 0.05) is 12.4 Å². The van der Waals surface area contributed by atoms with Crippen LogP contribution in [0.3, 0.4) is 0 Å². The first-order valence-corrected chi connectivity index (χ1v) is 4.39. The SMILES string of the molecule is [B]c1cncc(C(=O)NC(CO)C(=O)O)c1. The summed E-state index contributed by atoms with van der Waals surface area (Å²) in [7, 11) is 5.41. The van der Waals surface area contributed by atoms with Crippen molar-refractivity contribution in [2.75, 3.05) is 6.61 Å². The number of aliphatic hydroxyl groups is 1. The van der Waals surface area contributed by atoms with E-state index in [-0.39, 0.29) is 5.56 Å². The molecule has 0 saturated carbocycles. The topological polar surface area (TPSA) is 99.5 Å². The van der Waals surface area contributed by atoms with Gasteiger partial charge in [-0.2, -0.15) is 0 Å². The molecular weight excluding hydrogens is 211 g/mol. The summed E-state index contributed by atoms with van der Waals surface area (Å²) < 4.78 is 0. The minimum absolute atomic E-state index is 0.139. The summed E-state index contributed by atoms with van der Waals surface area (Å²) in [6.07, 6.45) is 2.61. The van der Waals surface area contributed by atoms with Crippen LogP contribution in [0.4, 0.5) is 0 Å². The van der Waals surface area contributed by atoms with E-state index < -0.39 is 24.5 Å². The van der Waals surface area contributed by atoms with E-state index >= 15 is 0 Å². The van der Waals surface area contributed by atoms with Gasteiger partial charge in [-0.05, 0) is 0 Å². The molecule has 1 atom stereocenters. The third-order valence-electron chi connectivity index (χ3n) is 1.81. The minimum atomic E-state index is -1.34. The molecule has 2 radical (unpaired) electrons. The van der Waals surface area contributed by atoms with Crippen molar-refractivity contribution >= 4 is 25.2 Å². The molecule has 0 aliphatic carbocycles. The van der Waals surface area contributed by atoms with Gasteiger partial charge < -0.3 is 15.5 Å². The standard InChI is InChI=1S/C9H9BN2O4/c10-6-1-5(2-11-3-6)8(14)12-7(4-13)9(15)16/h1-3,7,13H,4H2,(H,12,14)(H,15,16). The number of carbonyl (C=O) groups is 2. The fourth-order valence-electron chi connectivity index (χ4n) is 1.01. The van der Waals surface area contributed by atoms with Crippen LogP contribution < -0.4 is 10.8 Å². The fraction of sp³-hybridized carbons (Fsp3) is 0.222. The molecule has 1 aromatic heterocycles. The number of aliphatic carboxylic acids is 1. The lowest BCUT2D eigenvalue weighted by Gasteiger charge is -2.11. The molecule has 0 aromatic carbocycles. The summed E-state index contributed by atoms with van der Waals surface area (Å²) in [5.74, 6) is -1.96. The van der Waals surface area contributed by atoms with E-state index in [1.807, 2.05) is 0 Å². The molecule has 7 heteroatoms. The Kier molecular flexibility index (Phi) is 4.01. The van der Waals surface area contributed by atoms with Gasteiger partial charge in [0.1, 0.15) is 7.85 Å². The third kappa shape index (κ3) is 3.06. The summed E-state index contributed by atoms with van der Waals surface area (Å²) >= 11 is 0. The highest BCUT2D eigenvalue weighted by molar-refractivity contribution is 6.32. The quantitative estimate of drug-likeness (QED) is 0.512. The summed E-state index contributed by atoms with van der Waals surface area (Å²) in [4.78, 5) is 25.7. The molecule has 0 spiro atoms. The van der Waals surface area contributed by atoms with Gasteiger partial charge >= 0.3 is 5.97 Å². The number of hydrogen-bond acceptors (Lipinski definition) is 4. The van der Waals surface area contributed by atoms with E-state index in [4.69, 9.17) is 18.1 Å². The van der Waals surface area contributed by atoms with Gasteiger partial charge in [-0.25, -0.2) is 4.79 Å². The Labute approximate surface area is 92.7 Å². The Bertz CT molecular complexity index is 410. The number of carbonyl (C=O) groups excluding carboxylic acids is 1. The van der Waals surface area contributed by atoms with Crippen LogP contribution in [0.2, 0.25) is 0 Å². The zero-order chi connectivity index (χ0) is 12.1. The number of amides is 1. The molecule has 1 heterocycles. The fourth-order valence-corrected chi connectivity index (χ4v) is 1.01. The molecule has 1 unspecified atom stereocenters. The number of carboxylic acid groups (broad SMARTS) is 1. The molecule has 1 rings (SSSR count). The summed E-state index contributed by atoms with van der Waals surface area (Å²) in [5, 5.41) is 19.4. The van der Waals surface area contributed by atoms with Crippen molar-refractivity contribution in [2.24, 2.45) is 0 Å². The number of rotatable bonds is 4. The molecule has 3 N–H and O–H groups in total. The third-order valence-corrected chi connectivity index (χ3v) is 1.81. The maximum Gasteiger partial charge on any atom is 0.328 e. The molecule has 1 aromatic rings. The smallest absolute Gasteiger partial charge is 0.328 e. The molecule has 1 amide bonds. The van der Waals surface area contributed by atoms with Gasteiger partial charge in [-0.3, -0.25) is 9.78 Å². The first-order chi connectivity index (χ1) is 7.54. The average Bonchev–Trinajstić information content (AvgIpc) is 2.25. The second-order valence-corrected chi connectivity index (χ2v) is 3.05. The number of nitrogens with zero attached hydrogens (tertiary/aromatic N) is 1. The van der Waals surface area contributed by atoms with E-state index in [0.717, 1.165) is 0 Å². The van der Waals surface area contributed by atoms with Crippen molar-refractivity contribution in [3.8, 4) is 0 Å². The normalized spacial score (nSPS) is 11.8. The van der Waals surface area contributed by atoms with Crippen molar-refractivity contribution in [3.05, 3.63) is 24.0 Å². The second-order valence-electron chi connectivity index (χ2n) is 3.05. The molecule has 0 aliphatic rings. The van der Waals surface area contributed by atoms with Gasteiger partial charge in [0.25, 0.3) is 5.91 Å².